The van der Waals surface area contributed by atoms with E-state index in [-0.39, 0.29) is 11.9 Å². The van der Waals surface area contributed by atoms with Crippen LogP contribution < -0.4 is 5.73 Å². The van der Waals surface area contributed by atoms with E-state index in [4.69, 9.17) is 10.5 Å². The molecule has 4 nitrogen and oxygen atoms in total. The van der Waals surface area contributed by atoms with Gasteiger partial charge >= 0.3 is 5.97 Å². The summed E-state index contributed by atoms with van der Waals surface area (Å²) in [7, 11) is 1.37. The fourth-order valence-corrected chi connectivity index (χ4v) is 2.72. The van der Waals surface area contributed by atoms with Gasteiger partial charge in [-0.05, 0) is 17.5 Å². The number of hydrogen-bond donors (Lipinski definition) is 1. The first-order valence-electron chi connectivity index (χ1n) is 7.36. The van der Waals surface area contributed by atoms with Crippen LogP contribution >= 0.6 is 0 Å². The van der Waals surface area contributed by atoms with Gasteiger partial charge in [0.1, 0.15) is 6.04 Å². The third kappa shape index (κ3) is 3.10. The first-order chi connectivity index (χ1) is 9.95. The molecule has 1 aromatic heterocycles. The molecule has 0 bridgehead atoms. The lowest BCUT2D eigenvalue weighted by molar-refractivity contribution is -0.142. The van der Waals surface area contributed by atoms with Gasteiger partial charge in [-0.2, -0.15) is 0 Å². The van der Waals surface area contributed by atoms with Crippen LogP contribution in [0, 0.1) is 5.92 Å². The van der Waals surface area contributed by atoms with Crippen molar-refractivity contribution in [1.82, 2.24) is 4.57 Å². The standard InChI is InChI=1S/C17H24N2O2/c1-11(2)9-19-10-14(12(3)16(18)17(20)21-4)13-7-5-6-8-15(13)19/h5-8,10-12,16H,9,18H2,1-4H3/t12-,16-/m1/s1. The van der Waals surface area contributed by atoms with Crippen LogP contribution in [-0.4, -0.2) is 23.7 Å². The average Bonchev–Trinajstić information content (AvgIpc) is 2.83. The maximum atomic E-state index is 11.7. The first-order valence-corrected chi connectivity index (χ1v) is 7.36. The number of ether oxygens (including phenoxy) is 1. The van der Waals surface area contributed by atoms with Crippen molar-refractivity contribution < 1.29 is 9.53 Å². The number of benzene rings is 1. The lowest BCUT2D eigenvalue weighted by Gasteiger charge is -2.17. The van der Waals surface area contributed by atoms with E-state index < -0.39 is 6.04 Å². The molecule has 1 heterocycles. The molecule has 1 aromatic carbocycles. The summed E-state index contributed by atoms with van der Waals surface area (Å²) in [6, 6.07) is 7.60. The van der Waals surface area contributed by atoms with Crippen LogP contribution in [0.4, 0.5) is 0 Å². The summed E-state index contributed by atoms with van der Waals surface area (Å²) in [6.45, 7) is 7.31. The van der Waals surface area contributed by atoms with Gasteiger partial charge in [0.2, 0.25) is 0 Å². The largest absolute Gasteiger partial charge is 0.468 e. The normalized spacial score (nSPS) is 14.4. The number of nitrogens with two attached hydrogens (primary N) is 1. The Bertz CT molecular complexity index is 631. The summed E-state index contributed by atoms with van der Waals surface area (Å²) >= 11 is 0. The quantitative estimate of drug-likeness (QED) is 0.861. The predicted octanol–water partition coefficient (Wildman–Crippen LogP) is 2.90. The molecule has 0 aliphatic rings. The highest BCUT2D eigenvalue weighted by Gasteiger charge is 2.25. The minimum absolute atomic E-state index is 0.0873. The number of para-hydroxylation sites is 1. The molecule has 0 saturated heterocycles. The Morgan fingerprint density at radius 3 is 2.57 bits per heavy atom. The molecule has 21 heavy (non-hydrogen) atoms. The highest BCUT2D eigenvalue weighted by molar-refractivity contribution is 5.86. The molecular formula is C17H24N2O2. The van der Waals surface area contributed by atoms with E-state index in [0.717, 1.165) is 17.5 Å². The Kier molecular flexibility index (Phi) is 4.68. The third-order valence-corrected chi connectivity index (χ3v) is 3.88. The summed E-state index contributed by atoms with van der Waals surface area (Å²) < 4.78 is 7.01. The van der Waals surface area contributed by atoms with Crippen molar-refractivity contribution in [2.75, 3.05) is 7.11 Å². The highest BCUT2D eigenvalue weighted by Crippen LogP contribution is 2.30. The van der Waals surface area contributed by atoms with Crippen LogP contribution in [0.5, 0.6) is 0 Å². The zero-order chi connectivity index (χ0) is 15.6. The van der Waals surface area contributed by atoms with Gasteiger partial charge in [-0.3, -0.25) is 4.79 Å². The third-order valence-electron chi connectivity index (χ3n) is 3.88. The minimum atomic E-state index is -0.645. The lowest BCUT2D eigenvalue weighted by atomic mass is 9.93. The van der Waals surface area contributed by atoms with Gasteiger partial charge < -0.3 is 15.0 Å². The number of carbonyl (C=O) groups is 1. The Balaban J connectivity index is 2.46. The second-order valence-electron chi connectivity index (χ2n) is 5.99. The molecule has 114 valence electrons. The Hall–Kier alpha value is -1.81. The van der Waals surface area contributed by atoms with Crippen LogP contribution in [-0.2, 0) is 16.1 Å². The van der Waals surface area contributed by atoms with E-state index in [0.29, 0.717) is 5.92 Å². The van der Waals surface area contributed by atoms with Crippen molar-refractivity contribution in [3.05, 3.63) is 36.0 Å². The van der Waals surface area contributed by atoms with E-state index in [2.05, 4.69) is 36.7 Å². The Morgan fingerprint density at radius 1 is 1.29 bits per heavy atom. The number of nitrogens with zero attached hydrogens (tertiary/aromatic N) is 1. The van der Waals surface area contributed by atoms with E-state index >= 15 is 0 Å². The van der Waals surface area contributed by atoms with E-state index in [9.17, 15) is 4.79 Å². The first kappa shape index (κ1) is 15.6. The Labute approximate surface area is 125 Å². The fourth-order valence-electron chi connectivity index (χ4n) is 2.72. The average molecular weight is 288 g/mol. The molecule has 0 spiro atoms. The van der Waals surface area contributed by atoms with Crippen molar-refractivity contribution >= 4 is 16.9 Å². The smallest absolute Gasteiger partial charge is 0.323 e. The monoisotopic (exact) mass is 288 g/mol. The second-order valence-corrected chi connectivity index (χ2v) is 5.99. The van der Waals surface area contributed by atoms with Crippen molar-refractivity contribution in [3.63, 3.8) is 0 Å². The van der Waals surface area contributed by atoms with E-state index in [1.165, 1.54) is 12.6 Å². The molecule has 0 saturated carbocycles. The van der Waals surface area contributed by atoms with Crippen LogP contribution in [0.2, 0.25) is 0 Å². The van der Waals surface area contributed by atoms with Crippen LogP contribution in [0.15, 0.2) is 30.5 Å². The molecule has 2 aromatic rings. The van der Waals surface area contributed by atoms with Crippen molar-refractivity contribution in [2.24, 2.45) is 11.7 Å². The molecule has 2 N–H and O–H groups in total. The number of rotatable bonds is 5. The lowest BCUT2D eigenvalue weighted by Crippen LogP contribution is -2.36. The van der Waals surface area contributed by atoms with Gasteiger partial charge in [-0.25, -0.2) is 0 Å². The van der Waals surface area contributed by atoms with Crippen LogP contribution in [0.25, 0.3) is 10.9 Å². The molecule has 0 unspecified atom stereocenters. The van der Waals surface area contributed by atoms with E-state index in [1.807, 2.05) is 19.1 Å². The van der Waals surface area contributed by atoms with E-state index in [1.54, 1.807) is 0 Å². The second kappa shape index (κ2) is 6.31. The molecule has 0 fully saturated rings. The molecular weight excluding hydrogens is 264 g/mol. The van der Waals surface area contributed by atoms with Crippen LogP contribution in [0.3, 0.4) is 0 Å². The summed E-state index contributed by atoms with van der Waals surface area (Å²) in [5.41, 5.74) is 8.31. The van der Waals surface area contributed by atoms with Gasteiger partial charge in [-0.1, -0.05) is 39.0 Å². The number of fused-ring (bicyclic) bond motifs is 1. The highest BCUT2D eigenvalue weighted by atomic mass is 16.5. The molecule has 0 aliphatic carbocycles. The maximum absolute atomic E-state index is 11.7. The molecule has 2 atom stereocenters. The van der Waals surface area contributed by atoms with Gasteiger partial charge in [0.15, 0.2) is 0 Å². The van der Waals surface area contributed by atoms with Crippen LogP contribution in [0.1, 0.15) is 32.3 Å². The molecule has 0 amide bonds. The zero-order valence-electron chi connectivity index (χ0n) is 13.2. The minimum Gasteiger partial charge on any atom is -0.468 e. The molecule has 4 heteroatoms. The number of esters is 1. The topological polar surface area (TPSA) is 57.2 Å². The number of methoxy groups -OCH3 is 1. The van der Waals surface area contributed by atoms with Gasteiger partial charge in [0.25, 0.3) is 0 Å². The maximum Gasteiger partial charge on any atom is 0.323 e. The van der Waals surface area contributed by atoms with Gasteiger partial charge in [0, 0.05) is 29.6 Å². The number of hydrogen-bond acceptors (Lipinski definition) is 3. The molecule has 0 aliphatic heterocycles. The SMILES string of the molecule is COC(=O)[C@H](N)[C@H](C)c1cn(CC(C)C)c2ccccc12. The van der Waals surface area contributed by atoms with Crippen molar-refractivity contribution in [3.8, 4) is 0 Å². The Morgan fingerprint density at radius 2 is 1.95 bits per heavy atom. The summed E-state index contributed by atoms with van der Waals surface area (Å²) in [5, 5.41) is 1.16. The predicted molar refractivity (Wildman–Crippen MR) is 85.2 cm³/mol. The molecule has 0 radical (unpaired) electrons. The number of carbonyl (C=O) groups excluding carboxylic acids is 1. The number of aromatic nitrogens is 1. The summed E-state index contributed by atoms with van der Waals surface area (Å²) in [4.78, 5) is 11.7. The van der Waals surface area contributed by atoms with Gasteiger partial charge in [0.05, 0.1) is 7.11 Å². The van der Waals surface area contributed by atoms with Gasteiger partial charge in [-0.15, -0.1) is 0 Å². The van der Waals surface area contributed by atoms with Crippen molar-refractivity contribution in [2.45, 2.75) is 39.3 Å². The summed E-state index contributed by atoms with van der Waals surface area (Å²) in [5.74, 6) is 0.0946. The van der Waals surface area contributed by atoms with Crippen molar-refractivity contribution in [1.29, 1.82) is 0 Å². The summed E-state index contributed by atoms with van der Waals surface area (Å²) in [6.07, 6.45) is 2.12. The fraction of sp³-hybridized carbons (Fsp3) is 0.471. The zero-order valence-corrected chi connectivity index (χ0v) is 13.2. The molecule has 2 rings (SSSR count).